The number of nitrogens with one attached hydrogen (secondary N) is 1. The van der Waals surface area contributed by atoms with Crippen LogP contribution in [0.1, 0.15) is 27.8 Å². The molecule has 3 rings (SSSR count). The third kappa shape index (κ3) is 3.19. The van der Waals surface area contributed by atoms with E-state index in [2.05, 4.69) is 10.3 Å². The van der Waals surface area contributed by atoms with E-state index < -0.39 is 0 Å². The van der Waals surface area contributed by atoms with Crippen LogP contribution in [-0.2, 0) is 7.05 Å². The highest BCUT2D eigenvalue weighted by molar-refractivity contribution is 5.95. The van der Waals surface area contributed by atoms with Gasteiger partial charge in [-0.05, 0) is 19.1 Å². The Hall–Kier alpha value is -2.54. The van der Waals surface area contributed by atoms with Crippen LogP contribution in [0.3, 0.4) is 0 Å². The van der Waals surface area contributed by atoms with E-state index in [-0.39, 0.29) is 11.9 Å². The maximum atomic E-state index is 13.2. The van der Waals surface area contributed by atoms with Crippen LogP contribution in [0.25, 0.3) is 0 Å². The van der Waals surface area contributed by atoms with Crippen LogP contribution in [0.15, 0.2) is 24.5 Å². The van der Waals surface area contributed by atoms with E-state index in [1.807, 2.05) is 29.6 Å². The molecule has 7 heteroatoms. The molecule has 0 bridgehead atoms. The number of benzene rings is 1. The first-order valence-corrected chi connectivity index (χ1v) is 8.28. The van der Waals surface area contributed by atoms with Gasteiger partial charge in [0.2, 0.25) is 0 Å². The topological polar surface area (TPSA) is 68.6 Å². The average Bonchev–Trinajstić information content (AvgIpc) is 3.07. The number of imidazole rings is 1. The van der Waals surface area contributed by atoms with Crippen molar-refractivity contribution in [1.82, 2.24) is 19.8 Å². The lowest BCUT2D eigenvalue weighted by Crippen LogP contribution is -2.49. The highest BCUT2D eigenvalue weighted by atomic mass is 16.5. The van der Waals surface area contributed by atoms with Gasteiger partial charge in [0, 0.05) is 50.2 Å². The Labute approximate surface area is 147 Å². The number of methoxy groups -OCH3 is 2. The predicted molar refractivity (Wildman–Crippen MR) is 94.1 cm³/mol. The summed E-state index contributed by atoms with van der Waals surface area (Å²) in [6, 6.07) is 3.44. The second-order valence-electron chi connectivity index (χ2n) is 6.12. The van der Waals surface area contributed by atoms with E-state index in [0.717, 1.165) is 17.9 Å². The van der Waals surface area contributed by atoms with Crippen LogP contribution in [-0.4, -0.2) is 54.2 Å². The molecule has 1 aromatic heterocycles. The maximum Gasteiger partial charge on any atom is 0.254 e. The lowest BCUT2D eigenvalue weighted by atomic mass is 10.1. The molecule has 1 amide bonds. The van der Waals surface area contributed by atoms with Crippen molar-refractivity contribution in [2.75, 3.05) is 33.9 Å². The summed E-state index contributed by atoms with van der Waals surface area (Å²) in [4.78, 5) is 19.5. The molecule has 1 aliphatic heterocycles. The second kappa shape index (κ2) is 7.14. The summed E-state index contributed by atoms with van der Waals surface area (Å²) in [7, 11) is 5.13. The summed E-state index contributed by atoms with van der Waals surface area (Å²) < 4.78 is 12.8. The van der Waals surface area contributed by atoms with Gasteiger partial charge in [0.25, 0.3) is 5.91 Å². The fraction of sp³-hybridized carbons (Fsp3) is 0.444. The van der Waals surface area contributed by atoms with Gasteiger partial charge in [-0.15, -0.1) is 0 Å². The minimum Gasteiger partial charge on any atom is -0.496 e. The van der Waals surface area contributed by atoms with Crippen molar-refractivity contribution in [3.8, 4) is 11.5 Å². The number of hydrogen-bond donors (Lipinski definition) is 1. The number of aromatic nitrogens is 2. The van der Waals surface area contributed by atoms with Crippen LogP contribution in [0.5, 0.6) is 11.5 Å². The van der Waals surface area contributed by atoms with Crippen molar-refractivity contribution in [2.45, 2.75) is 13.0 Å². The summed E-state index contributed by atoms with van der Waals surface area (Å²) in [5.74, 6) is 2.11. The zero-order valence-electron chi connectivity index (χ0n) is 15.1. The molecule has 25 heavy (non-hydrogen) atoms. The normalized spacial score (nSPS) is 17.4. The number of piperazine rings is 1. The van der Waals surface area contributed by atoms with Crippen molar-refractivity contribution in [3.05, 3.63) is 41.5 Å². The number of nitrogens with zero attached hydrogens (tertiary/aromatic N) is 3. The number of rotatable bonds is 4. The molecule has 2 heterocycles. The third-order valence-electron chi connectivity index (χ3n) is 4.66. The average molecular weight is 344 g/mol. The maximum absolute atomic E-state index is 13.2. The van der Waals surface area contributed by atoms with Crippen molar-refractivity contribution >= 4 is 5.91 Å². The zero-order valence-corrected chi connectivity index (χ0v) is 15.1. The Bertz CT molecular complexity index is 746. The monoisotopic (exact) mass is 344 g/mol. The first-order valence-electron chi connectivity index (χ1n) is 8.28. The fourth-order valence-electron chi connectivity index (χ4n) is 3.25. The molecule has 1 saturated heterocycles. The standard InChI is InChI=1S/C18H24N4O3/c1-12-15(24-3)9-13(10-16(12)25-4)18(23)22-8-5-19-11-14(22)17-20-6-7-21(17)2/h6-7,9-10,14,19H,5,8,11H2,1-4H3. The SMILES string of the molecule is COc1cc(C(=O)N2CCNCC2c2nccn2C)cc(OC)c1C. The molecule has 7 nitrogen and oxygen atoms in total. The van der Waals surface area contributed by atoms with Crippen LogP contribution < -0.4 is 14.8 Å². The highest BCUT2D eigenvalue weighted by Crippen LogP contribution is 2.31. The van der Waals surface area contributed by atoms with Crippen LogP contribution >= 0.6 is 0 Å². The minimum absolute atomic E-state index is 0.0499. The van der Waals surface area contributed by atoms with Crippen LogP contribution in [0.2, 0.25) is 0 Å². The van der Waals surface area contributed by atoms with E-state index in [0.29, 0.717) is 30.2 Å². The van der Waals surface area contributed by atoms with Gasteiger partial charge in [0.15, 0.2) is 0 Å². The Kier molecular flexibility index (Phi) is 4.94. The summed E-state index contributed by atoms with van der Waals surface area (Å²) in [5, 5.41) is 3.34. The number of aryl methyl sites for hydroxylation is 1. The smallest absolute Gasteiger partial charge is 0.254 e. The van der Waals surface area contributed by atoms with Gasteiger partial charge in [0.1, 0.15) is 23.4 Å². The lowest BCUT2D eigenvalue weighted by Gasteiger charge is -2.36. The third-order valence-corrected chi connectivity index (χ3v) is 4.66. The molecular formula is C18H24N4O3. The summed E-state index contributed by atoms with van der Waals surface area (Å²) in [6.45, 7) is 3.96. The van der Waals surface area contributed by atoms with E-state index >= 15 is 0 Å². The molecule has 0 saturated carbocycles. The molecule has 0 radical (unpaired) electrons. The fourth-order valence-corrected chi connectivity index (χ4v) is 3.25. The van der Waals surface area contributed by atoms with Gasteiger partial charge in [0.05, 0.1) is 14.2 Å². The van der Waals surface area contributed by atoms with E-state index in [1.54, 1.807) is 32.5 Å². The van der Waals surface area contributed by atoms with Crippen molar-refractivity contribution in [3.63, 3.8) is 0 Å². The quantitative estimate of drug-likeness (QED) is 0.911. The molecule has 2 aromatic rings. The van der Waals surface area contributed by atoms with E-state index in [4.69, 9.17) is 9.47 Å². The molecule has 1 atom stereocenters. The molecule has 0 spiro atoms. The number of ether oxygens (including phenoxy) is 2. The lowest BCUT2D eigenvalue weighted by molar-refractivity contribution is 0.0620. The molecule has 1 N–H and O–H groups in total. The molecule has 1 aliphatic rings. The van der Waals surface area contributed by atoms with Crippen molar-refractivity contribution in [1.29, 1.82) is 0 Å². The van der Waals surface area contributed by atoms with Gasteiger partial charge in [-0.3, -0.25) is 4.79 Å². The van der Waals surface area contributed by atoms with Gasteiger partial charge >= 0.3 is 0 Å². The summed E-state index contributed by atoms with van der Waals surface area (Å²) in [5.41, 5.74) is 1.43. The Balaban J connectivity index is 1.97. The zero-order chi connectivity index (χ0) is 18.0. The largest absolute Gasteiger partial charge is 0.496 e. The first kappa shape index (κ1) is 17.3. The van der Waals surface area contributed by atoms with E-state index in [1.165, 1.54) is 0 Å². The highest BCUT2D eigenvalue weighted by Gasteiger charge is 2.31. The molecule has 1 unspecified atom stereocenters. The van der Waals surface area contributed by atoms with Crippen LogP contribution in [0.4, 0.5) is 0 Å². The summed E-state index contributed by atoms with van der Waals surface area (Å²) in [6.07, 6.45) is 3.65. The van der Waals surface area contributed by atoms with Gasteiger partial charge in [-0.2, -0.15) is 0 Å². The molecular weight excluding hydrogens is 320 g/mol. The minimum atomic E-state index is -0.112. The number of carbonyl (C=O) groups is 1. The summed E-state index contributed by atoms with van der Waals surface area (Å²) >= 11 is 0. The van der Waals surface area contributed by atoms with Crippen LogP contribution in [0, 0.1) is 6.92 Å². The Morgan fingerprint density at radius 3 is 2.52 bits per heavy atom. The van der Waals surface area contributed by atoms with E-state index in [9.17, 15) is 4.79 Å². The van der Waals surface area contributed by atoms with Crippen molar-refractivity contribution in [2.24, 2.45) is 7.05 Å². The number of carbonyl (C=O) groups excluding carboxylic acids is 1. The van der Waals surface area contributed by atoms with Gasteiger partial charge in [-0.1, -0.05) is 0 Å². The Morgan fingerprint density at radius 1 is 1.28 bits per heavy atom. The van der Waals surface area contributed by atoms with Gasteiger partial charge < -0.3 is 24.3 Å². The molecule has 134 valence electrons. The molecule has 1 fully saturated rings. The Morgan fingerprint density at radius 2 is 1.96 bits per heavy atom. The first-order chi connectivity index (χ1) is 12.1. The number of hydrogen-bond acceptors (Lipinski definition) is 5. The number of amides is 1. The second-order valence-corrected chi connectivity index (χ2v) is 6.12. The van der Waals surface area contributed by atoms with Crippen molar-refractivity contribution < 1.29 is 14.3 Å². The molecule has 1 aromatic carbocycles. The predicted octanol–water partition coefficient (Wildman–Crippen LogP) is 1.53. The molecule has 0 aliphatic carbocycles. The van der Waals surface area contributed by atoms with Gasteiger partial charge in [-0.25, -0.2) is 4.98 Å².